The standard InChI is InChI=1S/C12H20/c1-7-6-11-8(2)5-9(3)12(11)10(7)4/h2,7-12H,5-6H2,1,3-4H3/t7?,8?,9?,10?,11-,12-/m0/s1. The van der Waals surface area contributed by atoms with Crippen molar-refractivity contribution in [2.45, 2.75) is 33.6 Å². The molecule has 0 spiro atoms. The number of fused-ring (bicyclic) bond motifs is 1. The summed E-state index contributed by atoms with van der Waals surface area (Å²) in [6.07, 6.45) is 2.66. The molecule has 0 aromatic heterocycles. The Morgan fingerprint density at radius 3 is 2.25 bits per heavy atom. The van der Waals surface area contributed by atoms with Gasteiger partial charge in [0.25, 0.3) is 0 Å². The molecule has 2 radical (unpaired) electrons. The maximum Gasteiger partial charge on any atom is -0.0315 e. The zero-order chi connectivity index (χ0) is 8.88. The first-order valence-corrected chi connectivity index (χ1v) is 5.37. The van der Waals surface area contributed by atoms with Crippen LogP contribution >= 0.6 is 0 Å². The maximum absolute atomic E-state index is 6.13. The molecule has 0 aromatic rings. The van der Waals surface area contributed by atoms with E-state index in [-0.39, 0.29) is 0 Å². The lowest BCUT2D eigenvalue weighted by Crippen LogP contribution is -2.15. The van der Waals surface area contributed by atoms with Gasteiger partial charge in [0.05, 0.1) is 0 Å². The van der Waals surface area contributed by atoms with Crippen molar-refractivity contribution in [2.24, 2.45) is 35.5 Å². The van der Waals surface area contributed by atoms with Crippen molar-refractivity contribution in [3.05, 3.63) is 6.92 Å². The van der Waals surface area contributed by atoms with Crippen LogP contribution in [0.1, 0.15) is 33.6 Å². The van der Waals surface area contributed by atoms with Gasteiger partial charge in [-0.15, -0.1) is 0 Å². The molecule has 0 heterocycles. The zero-order valence-corrected chi connectivity index (χ0v) is 8.46. The summed E-state index contributed by atoms with van der Waals surface area (Å²) in [6.45, 7) is 13.3. The summed E-state index contributed by atoms with van der Waals surface area (Å²) in [4.78, 5) is 0. The summed E-state index contributed by atoms with van der Waals surface area (Å²) in [5.74, 6) is 5.01. The fraction of sp³-hybridized carbons (Fsp3) is 0.917. The second-order valence-electron chi connectivity index (χ2n) is 5.19. The predicted octanol–water partition coefficient (Wildman–Crippen LogP) is 3.26. The number of rotatable bonds is 0. The summed E-state index contributed by atoms with van der Waals surface area (Å²) >= 11 is 0. The van der Waals surface area contributed by atoms with Gasteiger partial charge in [0.15, 0.2) is 0 Å². The smallest absolute Gasteiger partial charge is 0.0315 e. The molecular weight excluding hydrogens is 144 g/mol. The molecule has 12 heavy (non-hydrogen) atoms. The first kappa shape index (κ1) is 8.59. The molecule has 6 atom stereocenters. The molecule has 4 unspecified atom stereocenters. The first-order chi connectivity index (χ1) is 5.61. The minimum absolute atomic E-state index is 0.511. The quantitative estimate of drug-likeness (QED) is 0.515. The normalized spacial score (nSPS) is 59.0. The van der Waals surface area contributed by atoms with Crippen molar-refractivity contribution >= 4 is 0 Å². The second kappa shape index (κ2) is 2.75. The SMILES string of the molecule is [CH]C1CC(C)[C@H]2C(C)C(C)C[C@@H]12. The fourth-order valence-electron chi connectivity index (χ4n) is 3.73. The molecule has 0 saturated heterocycles. The van der Waals surface area contributed by atoms with Gasteiger partial charge < -0.3 is 0 Å². The molecule has 0 N–H and O–H groups in total. The van der Waals surface area contributed by atoms with E-state index in [1.54, 1.807) is 0 Å². The summed E-state index contributed by atoms with van der Waals surface area (Å²) in [6, 6.07) is 0. The predicted molar refractivity (Wildman–Crippen MR) is 51.5 cm³/mol. The van der Waals surface area contributed by atoms with Crippen LogP contribution < -0.4 is 0 Å². The Morgan fingerprint density at radius 2 is 1.67 bits per heavy atom. The monoisotopic (exact) mass is 164 g/mol. The van der Waals surface area contributed by atoms with Crippen molar-refractivity contribution in [3.8, 4) is 0 Å². The lowest BCUT2D eigenvalue weighted by molar-refractivity contribution is 0.275. The molecule has 0 aliphatic heterocycles. The van der Waals surface area contributed by atoms with Crippen molar-refractivity contribution in [3.63, 3.8) is 0 Å². The van der Waals surface area contributed by atoms with E-state index in [0.717, 1.165) is 29.6 Å². The molecule has 0 heteroatoms. The van der Waals surface area contributed by atoms with Crippen LogP contribution in [0.25, 0.3) is 0 Å². The molecule has 2 aliphatic carbocycles. The second-order valence-corrected chi connectivity index (χ2v) is 5.19. The molecule has 2 saturated carbocycles. The molecule has 2 aliphatic rings. The highest BCUT2D eigenvalue weighted by Crippen LogP contribution is 2.55. The van der Waals surface area contributed by atoms with Gasteiger partial charge in [0, 0.05) is 0 Å². The van der Waals surface area contributed by atoms with E-state index in [1.165, 1.54) is 12.8 Å². The molecular formula is C12H20. The average molecular weight is 164 g/mol. The molecule has 0 amide bonds. The third kappa shape index (κ3) is 1.03. The number of hydrogen-bond acceptors (Lipinski definition) is 0. The van der Waals surface area contributed by atoms with Crippen LogP contribution in [0, 0.1) is 42.4 Å². The van der Waals surface area contributed by atoms with Gasteiger partial charge in [-0.3, -0.25) is 0 Å². The third-order valence-electron chi connectivity index (χ3n) is 4.49. The van der Waals surface area contributed by atoms with Gasteiger partial charge in [-0.1, -0.05) is 20.8 Å². The van der Waals surface area contributed by atoms with Crippen LogP contribution in [-0.4, -0.2) is 0 Å². The van der Waals surface area contributed by atoms with Gasteiger partial charge in [0.2, 0.25) is 0 Å². The zero-order valence-electron chi connectivity index (χ0n) is 8.46. The highest BCUT2D eigenvalue weighted by molar-refractivity contribution is 4.98. The minimum Gasteiger partial charge on any atom is -0.0622 e. The molecule has 0 nitrogen and oxygen atoms in total. The Labute approximate surface area is 76.7 Å². The van der Waals surface area contributed by atoms with Crippen molar-refractivity contribution in [1.29, 1.82) is 0 Å². The fourth-order valence-corrected chi connectivity index (χ4v) is 3.73. The highest BCUT2D eigenvalue weighted by atomic mass is 14.5. The lowest BCUT2D eigenvalue weighted by Gasteiger charge is -2.21. The van der Waals surface area contributed by atoms with Crippen LogP contribution in [0.3, 0.4) is 0 Å². The van der Waals surface area contributed by atoms with Gasteiger partial charge >= 0.3 is 0 Å². The highest BCUT2D eigenvalue weighted by Gasteiger charge is 2.48. The van der Waals surface area contributed by atoms with E-state index >= 15 is 0 Å². The Balaban J connectivity index is 2.18. The Kier molecular flexibility index (Phi) is 1.97. The van der Waals surface area contributed by atoms with Gasteiger partial charge in [-0.2, -0.15) is 0 Å². The summed E-state index contributed by atoms with van der Waals surface area (Å²) in [5.41, 5.74) is 0. The summed E-state index contributed by atoms with van der Waals surface area (Å²) in [5, 5.41) is 0. The third-order valence-corrected chi connectivity index (χ3v) is 4.49. The van der Waals surface area contributed by atoms with Crippen molar-refractivity contribution < 1.29 is 0 Å². The Morgan fingerprint density at radius 1 is 1.00 bits per heavy atom. The van der Waals surface area contributed by atoms with Crippen LogP contribution in [0.5, 0.6) is 0 Å². The molecule has 0 aromatic carbocycles. The van der Waals surface area contributed by atoms with E-state index in [0.29, 0.717) is 5.92 Å². The van der Waals surface area contributed by atoms with Crippen LogP contribution in [0.2, 0.25) is 0 Å². The molecule has 2 fully saturated rings. The molecule has 0 bridgehead atoms. The summed E-state index contributed by atoms with van der Waals surface area (Å²) < 4.78 is 0. The van der Waals surface area contributed by atoms with Crippen LogP contribution in [0.4, 0.5) is 0 Å². The Bertz CT molecular complexity index is 173. The maximum atomic E-state index is 6.13. The van der Waals surface area contributed by atoms with Crippen molar-refractivity contribution in [1.82, 2.24) is 0 Å². The molecule has 68 valence electrons. The van der Waals surface area contributed by atoms with E-state index in [4.69, 9.17) is 6.92 Å². The Hall–Kier alpha value is 0. The average Bonchev–Trinajstić information content (AvgIpc) is 2.41. The minimum atomic E-state index is 0.511. The largest absolute Gasteiger partial charge is 0.0622 e. The van der Waals surface area contributed by atoms with E-state index in [9.17, 15) is 0 Å². The van der Waals surface area contributed by atoms with E-state index in [1.807, 2.05) is 0 Å². The van der Waals surface area contributed by atoms with Gasteiger partial charge in [-0.05, 0) is 55.3 Å². The lowest BCUT2D eigenvalue weighted by atomic mass is 9.84. The van der Waals surface area contributed by atoms with Gasteiger partial charge in [-0.25, -0.2) is 0 Å². The van der Waals surface area contributed by atoms with Crippen LogP contribution in [-0.2, 0) is 0 Å². The van der Waals surface area contributed by atoms with Crippen LogP contribution in [0.15, 0.2) is 0 Å². The number of hydrogen-bond donors (Lipinski definition) is 0. The summed E-state index contributed by atoms with van der Waals surface area (Å²) in [7, 11) is 0. The molecule has 2 rings (SSSR count). The van der Waals surface area contributed by atoms with E-state index < -0.39 is 0 Å². The first-order valence-electron chi connectivity index (χ1n) is 5.37. The van der Waals surface area contributed by atoms with E-state index in [2.05, 4.69) is 20.8 Å². The van der Waals surface area contributed by atoms with Crippen molar-refractivity contribution in [2.75, 3.05) is 0 Å². The topological polar surface area (TPSA) is 0 Å². The van der Waals surface area contributed by atoms with Gasteiger partial charge in [0.1, 0.15) is 0 Å².